The van der Waals surface area contributed by atoms with E-state index in [1.165, 1.54) is 29.4 Å². The van der Waals surface area contributed by atoms with Gasteiger partial charge in [0, 0.05) is 54.8 Å². The number of carbonyl (C=O) groups is 1. The minimum absolute atomic E-state index is 0.267. The second kappa shape index (κ2) is 14.7. The number of benzene rings is 2. The summed E-state index contributed by atoms with van der Waals surface area (Å²) in [5.74, 6) is 0.356. The molecule has 1 aliphatic heterocycles. The molecule has 9 nitrogen and oxygen atoms in total. The zero-order valence-electron chi connectivity index (χ0n) is 28.5. The van der Waals surface area contributed by atoms with Gasteiger partial charge in [-0.2, -0.15) is 0 Å². The number of aromatic nitrogens is 3. The van der Waals surface area contributed by atoms with Crippen molar-refractivity contribution in [3.8, 4) is 21.8 Å². The summed E-state index contributed by atoms with van der Waals surface area (Å²) < 4.78 is 39.9. The van der Waals surface area contributed by atoms with Crippen molar-refractivity contribution in [1.29, 1.82) is 0 Å². The lowest BCUT2D eigenvalue weighted by Gasteiger charge is -2.36. The molecular formula is C35H43F2N7O2S2. The zero-order chi connectivity index (χ0) is 34.6. The van der Waals surface area contributed by atoms with Gasteiger partial charge in [-0.15, -0.1) is 11.3 Å². The van der Waals surface area contributed by atoms with Gasteiger partial charge in [0.2, 0.25) is 5.95 Å². The average Bonchev–Trinajstić information content (AvgIpc) is 3.48. The summed E-state index contributed by atoms with van der Waals surface area (Å²) in [7, 11) is 0. The summed E-state index contributed by atoms with van der Waals surface area (Å²) in [6.07, 6.45) is 2.23. The molecule has 2 N–H and O–H groups in total. The van der Waals surface area contributed by atoms with Crippen LogP contribution in [0, 0.1) is 11.6 Å². The van der Waals surface area contributed by atoms with Crippen LogP contribution in [0.2, 0.25) is 0 Å². The van der Waals surface area contributed by atoms with Gasteiger partial charge in [-0.1, -0.05) is 45.7 Å². The fourth-order valence-electron chi connectivity index (χ4n) is 4.99. The van der Waals surface area contributed by atoms with Gasteiger partial charge in [-0.05, 0) is 63.6 Å². The minimum atomic E-state index is -0.570. The van der Waals surface area contributed by atoms with E-state index >= 15 is 8.78 Å². The molecule has 0 aliphatic carbocycles. The molecule has 1 saturated heterocycles. The number of ether oxygens (including phenoxy) is 1. The molecule has 1 amide bonds. The minimum Gasteiger partial charge on any atom is -0.444 e. The van der Waals surface area contributed by atoms with Gasteiger partial charge in [-0.3, -0.25) is 0 Å². The van der Waals surface area contributed by atoms with Crippen molar-refractivity contribution in [2.24, 2.45) is 0 Å². The van der Waals surface area contributed by atoms with Crippen LogP contribution in [0.25, 0.3) is 21.8 Å². The molecule has 0 radical (unpaired) electrons. The number of piperazine rings is 1. The topological polar surface area (TPSA) is 95.5 Å². The van der Waals surface area contributed by atoms with Crippen LogP contribution in [0.3, 0.4) is 0 Å². The molecule has 48 heavy (non-hydrogen) atoms. The molecule has 2 aromatic heterocycles. The molecule has 256 valence electrons. The number of nitrogens with one attached hydrogen (secondary N) is 2. The maximum atomic E-state index is 15.9. The van der Waals surface area contributed by atoms with Crippen LogP contribution in [0.5, 0.6) is 0 Å². The molecule has 0 saturated carbocycles. The first-order valence-electron chi connectivity index (χ1n) is 16.0. The summed E-state index contributed by atoms with van der Waals surface area (Å²) in [5.41, 5.74) is 1.98. The number of carbonyl (C=O) groups excluding carboxylic acids is 1. The van der Waals surface area contributed by atoms with E-state index in [0.29, 0.717) is 60.2 Å². The number of halogens is 2. The van der Waals surface area contributed by atoms with E-state index < -0.39 is 11.4 Å². The Morgan fingerprint density at radius 1 is 1.02 bits per heavy atom. The lowest BCUT2D eigenvalue weighted by Crippen LogP contribution is -2.50. The molecule has 4 aromatic rings. The van der Waals surface area contributed by atoms with Crippen molar-refractivity contribution >= 4 is 52.4 Å². The Kier molecular flexibility index (Phi) is 10.8. The third-order valence-electron chi connectivity index (χ3n) is 7.38. The van der Waals surface area contributed by atoms with Gasteiger partial charge in [0.15, 0.2) is 5.82 Å². The molecule has 3 heterocycles. The highest BCUT2D eigenvalue weighted by molar-refractivity contribution is 8.00. The van der Waals surface area contributed by atoms with Gasteiger partial charge in [0.25, 0.3) is 0 Å². The lowest BCUT2D eigenvalue weighted by atomic mass is 9.98. The molecule has 13 heteroatoms. The summed E-state index contributed by atoms with van der Waals surface area (Å²) in [4.78, 5) is 30.8. The predicted octanol–water partition coefficient (Wildman–Crippen LogP) is 9.11. The van der Waals surface area contributed by atoms with Crippen molar-refractivity contribution in [2.75, 3.05) is 46.9 Å². The third kappa shape index (κ3) is 8.54. The van der Waals surface area contributed by atoms with Gasteiger partial charge in [-0.25, -0.2) is 28.5 Å². The van der Waals surface area contributed by atoms with E-state index in [1.54, 1.807) is 41.4 Å². The SMILES string of the molecule is CCCSNc1cccc(-c2nc(C(C)(C)C)sc2-c2ccnc(Nc3ccc(N4CCN(C(=O)OC(C)(C)C)CC4)c(F)c3)n2)c1F. The lowest BCUT2D eigenvalue weighted by molar-refractivity contribution is 0.0240. The summed E-state index contributed by atoms with van der Waals surface area (Å²) >= 11 is 2.94. The standard InChI is InChI=1S/C35H43F2N7O2S2/c1-8-20-47-42-25-11-9-10-23(28(25)37)29-30(48-31(41-29)34(2,3)4)26-14-15-38-32(40-26)39-22-12-13-27(24(36)21-22)43-16-18-44(19-17-43)33(45)46-35(5,6)7/h9-15,21,42H,8,16-20H2,1-7H3,(H,38,39,40). The Labute approximate surface area is 289 Å². The molecule has 0 unspecified atom stereocenters. The largest absolute Gasteiger partial charge is 0.444 e. The summed E-state index contributed by atoms with van der Waals surface area (Å²) in [6.45, 7) is 15.6. The number of nitrogens with zero attached hydrogens (tertiary/aromatic N) is 5. The maximum absolute atomic E-state index is 15.9. The van der Waals surface area contributed by atoms with Crippen molar-refractivity contribution in [1.82, 2.24) is 19.9 Å². The number of rotatable bonds is 9. The molecule has 0 atom stereocenters. The van der Waals surface area contributed by atoms with Crippen molar-refractivity contribution in [3.05, 3.63) is 65.3 Å². The first-order valence-corrected chi connectivity index (χ1v) is 17.8. The highest BCUT2D eigenvalue weighted by atomic mass is 32.2. The fraction of sp³-hybridized carbons (Fsp3) is 0.429. The number of hydrogen-bond acceptors (Lipinski definition) is 10. The van der Waals surface area contributed by atoms with E-state index in [0.717, 1.165) is 22.1 Å². The predicted molar refractivity (Wildman–Crippen MR) is 193 cm³/mol. The third-order valence-corrected chi connectivity index (χ3v) is 9.86. The second-order valence-electron chi connectivity index (χ2n) is 13.6. The molecule has 0 spiro atoms. The van der Waals surface area contributed by atoms with E-state index in [-0.39, 0.29) is 23.3 Å². The average molecular weight is 696 g/mol. The molecule has 1 aliphatic rings. The van der Waals surface area contributed by atoms with Gasteiger partial charge < -0.3 is 24.6 Å². The van der Waals surface area contributed by atoms with E-state index in [1.807, 2.05) is 31.7 Å². The maximum Gasteiger partial charge on any atom is 0.410 e. The first-order chi connectivity index (χ1) is 22.7. The Bertz CT molecular complexity index is 1750. The zero-order valence-corrected chi connectivity index (χ0v) is 30.1. The molecule has 5 rings (SSSR count). The Hall–Kier alpha value is -3.97. The van der Waals surface area contributed by atoms with Gasteiger partial charge >= 0.3 is 6.09 Å². The monoisotopic (exact) mass is 695 g/mol. The first kappa shape index (κ1) is 35.3. The van der Waals surface area contributed by atoms with Crippen LogP contribution < -0.4 is 14.9 Å². The van der Waals surface area contributed by atoms with Crippen molar-refractivity contribution in [3.63, 3.8) is 0 Å². The summed E-state index contributed by atoms with van der Waals surface area (Å²) in [6, 6.07) is 11.9. The highest BCUT2D eigenvalue weighted by Gasteiger charge is 2.28. The Morgan fingerprint density at radius 2 is 1.77 bits per heavy atom. The Morgan fingerprint density at radius 3 is 2.44 bits per heavy atom. The number of amides is 1. The molecule has 1 fully saturated rings. The highest BCUT2D eigenvalue weighted by Crippen LogP contribution is 2.42. The normalized spacial score (nSPS) is 13.9. The number of thiazole rings is 1. The molecular weight excluding hydrogens is 653 g/mol. The van der Waals surface area contributed by atoms with Crippen molar-refractivity contribution in [2.45, 2.75) is 65.9 Å². The van der Waals surface area contributed by atoms with Crippen LogP contribution in [-0.4, -0.2) is 63.5 Å². The van der Waals surface area contributed by atoms with Gasteiger partial charge in [0.05, 0.1) is 32.6 Å². The van der Waals surface area contributed by atoms with Crippen LogP contribution >= 0.6 is 23.3 Å². The number of anilines is 4. The molecule has 0 bridgehead atoms. The van der Waals surface area contributed by atoms with E-state index in [9.17, 15) is 4.79 Å². The fourth-order valence-corrected chi connectivity index (χ4v) is 6.72. The summed E-state index contributed by atoms with van der Waals surface area (Å²) in [5, 5.41) is 3.97. The van der Waals surface area contributed by atoms with E-state index in [4.69, 9.17) is 14.7 Å². The quantitative estimate of drug-likeness (QED) is 0.131. The van der Waals surface area contributed by atoms with Gasteiger partial charge in [0.1, 0.15) is 11.4 Å². The van der Waals surface area contributed by atoms with Crippen LogP contribution in [0.15, 0.2) is 48.7 Å². The molecule has 2 aromatic carbocycles. The van der Waals surface area contributed by atoms with Crippen LogP contribution in [0.1, 0.15) is 59.9 Å². The van der Waals surface area contributed by atoms with E-state index in [2.05, 4.69) is 42.7 Å². The number of hydrogen-bond donors (Lipinski definition) is 2. The van der Waals surface area contributed by atoms with Crippen molar-refractivity contribution < 1.29 is 18.3 Å². The van der Waals surface area contributed by atoms with Crippen LogP contribution in [-0.2, 0) is 10.2 Å². The Balaban J connectivity index is 1.36. The second-order valence-corrected chi connectivity index (χ2v) is 15.5. The van der Waals surface area contributed by atoms with Crippen LogP contribution in [0.4, 0.5) is 36.6 Å². The smallest absolute Gasteiger partial charge is 0.410 e.